The first kappa shape index (κ1) is 19.7. The van der Waals surface area contributed by atoms with Crippen molar-refractivity contribution < 1.29 is 9.53 Å². The zero-order valence-corrected chi connectivity index (χ0v) is 16.8. The van der Waals surface area contributed by atoms with Crippen molar-refractivity contribution in [1.82, 2.24) is 20.0 Å². The SMILES string of the molecule is CN=C(NCCCOc1ccccc1C)N1CCN(c2cnn(C)c2)C(=O)C1. The molecule has 1 aliphatic heterocycles. The van der Waals surface area contributed by atoms with Crippen LogP contribution >= 0.6 is 0 Å². The van der Waals surface area contributed by atoms with E-state index in [0.29, 0.717) is 19.7 Å². The Bertz CT molecular complexity index is 832. The number of amides is 1. The Kier molecular flexibility index (Phi) is 6.52. The highest BCUT2D eigenvalue weighted by atomic mass is 16.5. The number of guanidine groups is 1. The van der Waals surface area contributed by atoms with Crippen LogP contribution in [0.5, 0.6) is 5.75 Å². The summed E-state index contributed by atoms with van der Waals surface area (Å²) in [5.74, 6) is 1.71. The van der Waals surface area contributed by atoms with E-state index in [1.54, 1.807) is 22.8 Å². The highest BCUT2D eigenvalue weighted by molar-refractivity contribution is 5.98. The Morgan fingerprint density at radius 1 is 1.32 bits per heavy atom. The number of rotatable bonds is 6. The van der Waals surface area contributed by atoms with E-state index in [4.69, 9.17) is 4.74 Å². The van der Waals surface area contributed by atoms with Gasteiger partial charge in [-0.2, -0.15) is 5.10 Å². The van der Waals surface area contributed by atoms with Crippen LogP contribution < -0.4 is 15.0 Å². The lowest BCUT2D eigenvalue weighted by molar-refractivity contribution is -0.120. The maximum atomic E-state index is 12.5. The largest absolute Gasteiger partial charge is 0.493 e. The molecule has 2 aromatic rings. The van der Waals surface area contributed by atoms with Crippen molar-refractivity contribution >= 4 is 17.6 Å². The van der Waals surface area contributed by atoms with E-state index < -0.39 is 0 Å². The van der Waals surface area contributed by atoms with Gasteiger partial charge in [0.2, 0.25) is 5.91 Å². The lowest BCUT2D eigenvalue weighted by atomic mass is 10.2. The van der Waals surface area contributed by atoms with Gasteiger partial charge in [0.05, 0.1) is 18.5 Å². The zero-order chi connectivity index (χ0) is 19.9. The van der Waals surface area contributed by atoms with Crippen molar-refractivity contribution in [1.29, 1.82) is 0 Å². The van der Waals surface area contributed by atoms with Crippen molar-refractivity contribution in [2.75, 3.05) is 44.7 Å². The summed E-state index contributed by atoms with van der Waals surface area (Å²) in [5.41, 5.74) is 1.97. The minimum absolute atomic E-state index is 0.0464. The monoisotopic (exact) mass is 384 g/mol. The highest BCUT2D eigenvalue weighted by Gasteiger charge is 2.27. The number of ether oxygens (including phenoxy) is 1. The molecule has 8 nitrogen and oxygen atoms in total. The topological polar surface area (TPSA) is 75.0 Å². The fraction of sp³-hybridized carbons (Fsp3) is 0.450. The lowest BCUT2D eigenvalue weighted by Crippen LogP contribution is -2.55. The fourth-order valence-electron chi connectivity index (χ4n) is 3.18. The van der Waals surface area contributed by atoms with Crippen LogP contribution in [0.2, 0.25) is 0 Å². The number of aromatic nitrogens is 2. The minimum Gasteiger partial charge on any atom is -0.493 e. The normalized spacial score (nSPS) is 15.1. The molecule has 0 spiro atoms. The molecule has 0 aliphatic carbocycles. The number of aliphatic imine (C=N–C) groups is 1. The van der Waals surface area contributed by atoms with E-state index in [2.05, 4.69) is 15.4 Å². The molecule has 1 N–H and O–H groups in total. The highest BCUT2D eigenvalue weighted by Crippen LogP contribution is 2.17. The number of piperazine rings is 1. The number of carbonyl (C=O) groups is 1. The third-order valence-corrected chi connectivity index (χ3v) is 4.69. The number of benzene rings is 1. The molecule has 0 unspecified atom stereocenters. The van der Waals surface area contributed by atoms with Crippen LogP contribution in [0, 0.1) is 6.92 Å². The maximum absolute atomic E-state index is 12.5. The molecule has 1 fully saturated rings. The molecular formula is C20H28N6O2. The van der Waals surface area contributed by atoms with Gasteiger partial charge < -0.3 is 19.9 Å². The molecule has 1 saturated heterocycles. The Hall–Kier alpha value is -3.03. The van der Waals surface area contributed by atoms with Crippen LogP contribution in [0.4, 0.5) is 5.69 Å². The summed E-state index contributed by atoms with van der Waals surface area (Å²) in [5, 5.41) is 7.47. The lowest BCUT2D eigenvalue weighted by Gasteiger charge is -2.35. The van der Waals surface area contributed by atoms with E-state index >= 15 is 0 Å². The van der Waals surface area contributed by atoms with Crippen molar-refractivity contribution in [2.45, 2.75) is 13.3 Å². The van der Waals surface area contributed by atoms with E-state index in [1.807, 2.05) is 49.3 Å². The summed E-state index contributed by atoms with van der Waals surface area (Å²) in [4.78, 5) is 20.6. The number of hydrogen-bond acceptors (Lipinski definition) is 4. The molecule has 8 heteroatoms. The van der Waals surface area contributed by atoms with E-state index in [-0.39, 0.29) is 5.91 Å². The van der Waals surface area contributed by atoms with Gasteiger partial charge >= 0.3 is 0 Å². The second-order valence-electron chi connectivity index (χ2n) is 6.78. The van der Waals surface area contributed by atoms with Crippen molar-refractivity contribution in [2.24, 2.45) is 12.0 Å². The van der Waals surface area contributed by atoms with Gasteiger partial charge in [0.1, 0.15) is 12.3 Å². The number of aryl methyl sites for hydroxylation is 2. The fourth-order valence-corrected chi connectivity index (χ4v) is 3.18. The number of carbonyl (C=O) groups excluding carboxylic acids is 1. The van der Waals surface area contributed by atoms with Gasteiger partial charge in [-0.1, -0.05) is 18.2 Å². The Morgan fingerprint density at radius 2 is 2.14 bits per heavy atom. The Morgan fingerprint density at radius 3 is 2.82 bits per heavy atom. The van der Waals surface area contributed by atoms with Crippen LogP contribution in [0.15, 0.2) is 41.7 Å². The summed E-state index contributed by atoms with van der Waals surface area (Å²) in [6.07, 6.45) is 4.42. The quantitative estimate of drug-likeness (QED) is 0.463. The third-order valence-electron chi connectivity index (χ3n) is 4.69. The first-order valence-corrected chi connectivity index (χ1v) is 9.51. The number of anilines is 1. The predicted molar refractivity (Wildman–Crippen MR) is 110 cm³/mol. The first-order chi connectivity index (χ1) is 13.6. The molecule has 28 heavy (non-hydrogen) atoms. The summed E-state index contributed by atoms with van der Waals surface area (Å²) in [7, 11) is 3.59. The van der Waals surface area contributed by atoms with Gasteiger partial charge in [0, 0.05) is 39.9 Å². The summed E-state index contributed by atoms with van der Waals surface area (Å²) in [6.45, 7) is 5.03. The van der Waals surface area contributed by atoms with E-state index in [1.165, 1.54) is 0 Å². The molecule has 1 amide bonds. The van der Waals surface area contributed by atoms with E-state index in [9.17, 15) is 4.79 Å². The molecule has 150 valence electrons. The standard InChI is InChI=1S/C20H28N6O2/c1-16-7-4-5-8-18(16)28-12-6-9-22-20(21-2)25-10-11-26(19(27)15-25)17-13-23-24(3)14-17/h4-5,7-8,13-14H,6,9-12,15H2,1-3H3,(H,21,22). The van der Waals surface area contributed by atoms with Gasteiger partial charge in [-0.3, -0.25) is 14.5 Å². The van der Waals surface area contributed by atoms with Gasteiger partial charge in [0.25, 0.3) is 0 Å². The Labute approximate surface area is 165 Å². The van der Waals surface area contributed by atoms with Crippen LogP contribution in [0.3, 0.4) is 0 Å². The zero-order valence-electron chi connectivity index (χ0n) is 16.8. The van der Waals surface area contributed by atoms with Gasteiger partial charge in [0.15, 0.2) is 5.96 Å². The number of hydrogen-bond donors (Lipinski definition) is 1. The van der Waals surface area contributed by atoms with E-state index in [0.717, 1.165) is 42.5 Å². The first-order valence-electron chi connectivity index (χ1n) is 9.51. The molecule has 0 bridgehead atoms. The van der Waals surface area contributed by atoms with Gasteiger partial charge in [-0.25, -0.2) is 0 Å². The molecule has 1 aromatic heterocycles. The molecule has 2 heterocycles. The third kappa shape index (κ3) is 4.82. The second-order valence-corrected chi connectivity index (χ2v) is 6.78. The Balaban J connectivity index is 1.43. The summed E-state index contributed by atoms with van der Waals surface area (Å²) < 4.78 is 7.52. The van der Waals surface area contributed by atoms with Crippen LogP contribution in [-0.4, -0.2) is 66.4 Å². The number of nitrogens with one attached hydrogen (secondary N) is 1. The summed E-state index contributed by atoms with van der Waals surface area (Å²) in [6, 6.07) is 8.00. The van der Waals surface area contributed by atoms with Gasteiger partial charge in [-0.15, -0.1) is 0 Å². The number of nitrogens with zero attached hydrogens (tertiary/aromatic N) is 5. The van der Waals surface area contributed by atoms with Crippen LogP contribution in [0.25, 0.3) is 0 Å². The molecule has 1 aromatic carbocycles. The van der Waals surface area contributed by atoms with Gasteiger partial charge in [-0.05, 0) is 25.0 Å². The smallest absolute Gasteiger partial charge is 0.246 e. The van der Waals surface area contributed by atoms with Crippen molar-refractivity contribution in [3.8, 4) is 5.75 Å². The van der Waals surface area contributed by atoms with Crippen molar-refractivity contribution in [3.63, 3.8) is 0 Å². The molecule has 0 atom stereocenters. The molecule has 0 radical (unpaired) electrons. The summed E-state index contributed by atoms with van der Waals surface area (Å²) >= 11 is 0. The average molecular weight is 384 g/mol. The molecule has 3 rings (SSSR count). The molecule has 0 saturated carbocycles. The average Bonchev–Trinajstić information content (AvgIpc) is 3.12. The predicted octanol–water partition coefficient (Wildman–Crippen LogP) is 1.42. The van der Waals surface area contributed by atoms with Crippen LogP contribution in [-0.2, 0) is 11.8 Å². The van der Waals surface area contributed by atoms with Crippen molar-refractivity contribution in [3.05, 3.63) is 42.2 Å². The maximum Gasteiger partial charge on any atom is 0.246 e. The molecule has 1 aliphatic rings. The van der Waals surface area contributed by atoms with Crippen LogP contribution in [0.1, 0.15) is 12.0 Å². The minimum atomic E-state index is 0.0464. The second kappa shape index (κ2) is 9.25. The number of para-hydroxylation sites is 1. The molecular weight excluding hydrogens is 356 g/mol.